The molecule has 0 saturated carbocycles. The number of rotatable bonds is 2. The van der Waals surface area contributed by atoms with Gasteiger partial charge >= 0.3 is 5.97 Å². The number of carbonyl (C=O) groups excluding carboxylic acids is 1. The maximum atomic E-state index is 11.9. The van der Waals surface area contributed by atoms with Crippen LogP contribution < -0.4 is 5.73 Å². The highest BCUT2D eigenvalue weighted by Crippen LogP contribution is 2.25. The van der Waals surface area contributed by atoms with Crippen LogP contribution in [-0.4, -0.2) is 45.3 Å². The highest BCUT2D eigenvalue weighted by atomic mass is 16.6. The maximum Gasteiger partial charge on any atom is 0.308 e. The Morgan fingerprint density at radius 1 is 1.47 bits per heavy atom. The number of aliphatic carboxylic acids is 1. The SMILES string of the molecule is CC1CN(C(=O)c2nonc2N)CC1C(=O)O. The van der Waals surface area contributed by atoms with Crippen molar-refractivity contribution in [1.82, 2.24) is 15.2 Å². The lowest BCUT2D eigenvalue weighted by Crippen LogP contribution is -2.30. The summed E-state index contributed by atoms with van der Waals surface area (Å²) in [5, 5.41) is 15.7. The topological polar surface area (TPSA) is 123 Å². The largest absolute Gasteiger partial charge is 0.481 e. The molecule has 1 aromatic heterocycles. The first-order valence-corrected chi connectivity index (χ1v) is 5.10. The highest BCUT2D eigenvalue weighted by molar-refractivity contribution is 5.96. The minimum atomic E-state index is -0.904. The molecule has 0 aliphatic carbocycles. The summed E-state index contributed by atoms with van der Waals surface area (Å²) in [4.78, 5) is 24.3. The zero-order valence-electron chi connectivity index (χ0n) is 9.16. The van der Waals surface area contributed by atoms with Crippen LogP contribution in [0, 0.1) is 11.8 Å². The number of nitrogens with zero attached hydrogens (tertiary/aromatic N) is 3. The highest BCUT2D eigenvalue weighted by Gasteiger charge is 2.38. The number of carbonyl (C=O) groups is 2. The summed E-state index contributed by atoms with van der Waals surface area (Å²) < 4.78 is 4.34. The third kappa shape index (κ3) is 1.93. The van der Waals surface area contributed by atoms with E-state index in [9.17, 15) is 9.59 Å². The first-order chi connectivity index (χ1) is 8.00. The summed E-state index contributed by atoms with van der Waals surface area (Å²) in [5.74, 6) is -2.09. The van der Waals surface area contributed by atoms with Crippen LogP contribution in [-0.2, 0) is 4.79 Å². The van der Waals surface area contributed by atoms with E-state index in [4.69, 9.17) is 10.8 Å². The lowest BCUT2D eigenvalue weighted by atomic mass is 9.99. The minimum absolute atomic E-state index is 0.0664. The van der Waals surface area contributed by atoms with Crippen LogP contribution in [0.4, 0.5) is 5.82 Å². The molecule has 1 fully saturated rings. The molecule has 3 N–H and O–H groups in total. The monoisotopic (exact) mass is 240 g/mol. The molecule has 0 bridgehead atoms. The van der Waals surface area contributed by atoms with Crippen molar-refractivity contribution in [3.8, 4) is 0 Å². The smallest absolute Gasteiger partial charge is 0.308 e. The van der Waals surface area contributed by atoms with Gasteiger partial charge in [0.25, 0.3) is 5.91 Å². The molecular formula is C9H12N4O4. The van der Waals surface area contributed by atoms with Gasteiger partial charge in [-0.1, -0.05) is 6.92 Å². The predicted molar refractivity (Wildman–Crippen MR) is 54.9 cm³/mol. The van der Waals surface area contributed by atoms with Gasteiger partial charge in [-0.2, -0.15) is 0 Å². The molecular weight excluding hydrogens is 228 g/mol. The average Bonchev–Trinajstić information content (AvgIpc) is 2.83. The fraction of sp³-hybridized carbons (Fsp3) is 0.556. The summed E-state index contributed by atoms with van der Waals surface area (Å²) >= 11 is 0. The standard InChI is InChI=1S/C9H12N4O4/c1-4-2-13(3-5(4)9(15)16)8(14)6-7(10)12-17-11-6/h4-5H,2-3H2,1H3,(H2,10,12)(H,15,16). The van der Waals surface area contributed by atoms with Crippen LogP contribution in [0.25, 0.3) is 0 Å². The molecule has 8 nitrogen and oxygen atoms in total. The molecule has 1 aliphatic rings. The van der Waals surface area contributed by atoms with Gasteiger partial charge in [-0.25, -0.2) is 4.63 Å². The molecule has 0 spiro atoms. The third-order valence-corrected chi connectivity index (χ3v) is 2.93. The number of aromatic nitrogens is 2. The number of carboxylic acids is 1. The Labute approximate surface area is 96.3 Å². The van der Waals surface area contributed by atoms with Gasteiger partial charge in [0.05, 0.1) is 5.92 Å². The van der Waals surface area contributed by atoms with Gasteiger partial charge in [0, 0.05) is 13.1 Å². The Morgan fingerprint density at radius 3 is 2.65 bits per heavy atom. The van der Waals surface area contributed by atoms with Crippen LogP contribution >= 0.6 is 0 Å². The minimum Gasteiger partial charge on any atom is -0.481 e. The summed E-state index contributed by atoms with van der Waals surface area (Å²) in [6.07, 6.45) is 0. The van der Waals surface area contributed by atoms with Crippen LogP contribution in [0.1, 0.15) is 17.4 Å². The van der Waals surface area contributed by atoms with E-state index in [1.54, 1.807) is 6.92 Å². The molecule has 2 unspecified atom stereocenters. The van der Waals surface area contributed by atoms with E-state index in [2.05, 4.69) is 14.9 Å². The fourth-order valence-corrected chi connectivity index (χ4v) is 1.95. The van der Waals surface area contributed by atoms with Gasteiger partial charge in [0.2, 0.25) is 11.5 Å². The molecule has 92 valence electrons. The van der Waals surface area contributed by atoms with Crippen molar-refractivity contribution in [2.24, 2.45) is 11.8 Å². The van der Waals surface area contributed by atoms with Gasteiger partial charge in [-0.05, 0) is 16.2 Å². The molecule has 1 aromatic rings. The number of anilines is 1. The van der Waals surface area contributed by atoms with Crippen molar-refractivity contribution in [3.05, 3.63) is 5.69 Å². The van der Waals surface area contributed by atoms with Crippen LogP contribution in [0.2, 0.25) is 0 Å². The lowest BCUT2D eigenvalue weighted by Gasteiger charge is -2.13. The molecule has 0 radical (unpaired) electrons. The fourth-order valence-electron chi connectivity index (χ4n) is 1.95. The normalized spacial score (nSPS) is 23.9. The zero-order valence-corrected chi connectivity index (χ0v) is 9.16. The number of hydrogen-bond acceptors (Lipinski definition) is 6. The number of carboxylic acid groups (broad SMARTS) is 1. The molecule has 1 saturated heterocycles. The maximum absolute atomic E-state index is 11.9. The Morgan fingerprint density at radius 2 is 2.18 bits per heavy atom. The number of hydrogen-bond donors (Lipinski definition) is 2. The zero-order chi connectivity index (χ0) is 12.6. The molecule has 1 aliphatic heterocycles. The van der Waals surface area contributed by atoms with E-state index in [1.807, 2.05) is 0 Å². The van der Waals surface area contributed by atoms with E-state index in [0.29, 0.717) is 6.54 Å². The quantitative estimate of drug-likeness (QED) is 0.710. The lowest BCUT2D eigenvalue weighted by molar-refractivity contribution is -0.142. The van der Waals surface area contributed by atoms with Crippen molar-refractivity contribution >= 4 is 17.7 Å². The van der Waals surface area contributed by atoms with Gasteiger partial charge in [0.15, 0.2) is 0 Å². The second kappa shape index (κ2) is 4.04. The van der Waals surface area contributed by atoms with Crippen molar-refractivity contribution < 1.29 is 19.3 Å². The van der Waals surface area contributed by atoms with Crippen molar-refractivity contribution in [1.29, 1.82) is 0 Å². The van der Waals surface area contributed by atoms with Gasteiger partial charge < -0.3 is 15.7 Å². The van der Waals surface area contributed by atoms with Gasteiger partial charge in [-0.3, -0.25) is 9.59 Å². The Bertz CT molecular complexity index is 458. The Hall–Kier alpha value is -2.12. The molecule has 17 heavy (non-hydrogen) atoms. The second-order valence-corrected chi connectivity index (χ2v) is 4.13. The van der Waals surface area contributed by atoms with Crippen LogP contribution in [0.15, 0.2) is 4.63 Å². The summed E-state index contributed by atoms with van der Waals surface area (Å²) in [6.45, 7) is 2.31. The van der Waals surface area contributed by atoms with E-state index in [-0.39, 0.29) is 24.0 Å². The average molecular weight is 240 g/mol. The molecule has 8 heteroatoms. The third-order valence-electron chi connectivity index (χ3n) is 2.93. The van der Waals surface area contributed by atoms with Crippen molar-refractivity contribution in [2.75, 3.05) is 18.8 Å². The Kier molecular flexibility index (Phi) is 2.70. The second-order valence-electron chi connectivity index (χ2n) is 4.13. The van der Waals surface area contributed by atoms with Crippen LogP contribution in [0.3, 0.4) is 0 Å². The van der Waals surface area contributed by atoms with Crippen molar-refractivity contribution in [3.63, 3.8) is 0 Å². The summed E-state index contributed by atoms with van der Waals surface area (Å²) in [6, 6.07) is 0. The van der Waals surface area contributed by atoms with E-state index >= 15 is 0 Å². The van der Waals surface area contributed by atoms with E-state index in [1.165, 1.54) is 4.90 Å². The molecule has 2 atom stereocenters. The molecule has 1 amide bonds. The number of amides is 1. The molecule has 2 heterocycles. The first kappa shape index (κ1) is 11.4. The van der Waals surface area contributed by atoms with Gasteiger partial charge in [0.1, 0.15) is 0 Å². The van der Waals surface area contributed by atoms with E-state index in [0.717, 1.165) is 0 Å². The summed E-state index contributed by atoms with van der Waals surface area (Å²) in [5.41, 5.74) is 5.34. The number of likely N-dealkylation sites (tertiary alicyclic amines) is 1. The Balaban J connectivity index is 2.13. The molecule has 2 rings (SSSR count). The van der Waals surface area contributed by atoms with Gasteiger partial charge in [-0.15, -0.1) is 0 Å². The number of nitrogen functional groups attached to an aromatic ring is 1. The number of nitrogens with two attached hydrogens (primary N) is 1. The van der Waals surface area contributed by atoms with E-state index < -0.39 is 17.8 Å². The van der Waals surface area contributed by atoms with Crippen LogP contribution in [0.5, 0.6) is 0 Å². The summed E-state index contributed by atoms with van der Waals surface area (Å²) in [7, 11) is 0. The predicted octanol–water partition coefficient (Wildman–Crippen LogP) is -0.555. The first-order valence-electron chi connectivity index (χ1n) is 5.10. The molecule has 0 aromatic carbocycles. The van der Waals surface area contributed by atoms with Crippen molar-refractivity contribution in [2.45, 2.75) is 6.92 Å².